The van der Waals surface area contributed by atoms with E-state index in [0.29, 0.717) is 6.42 Å². The molecule has 1 aliphatic rings. The number of benzene rings is 1. The van der Waals surface area contributed by atoms with Crippen molar-refractivity contribution in [2.45, 2.75) is 32.7 Å². The van der Waals surface area contributed by atoms with Crippen LogP contribution in [0.5, 0.6) is 0 Å². The molecule has 1 unspecified atom stereocenters. The Labute approximate surface area is 114 Å². The molecule has 3 N–H and O–H groups in total. The van der Waals surface area contributed by atoms with E-state index in [-0.39, 0.29) is 5.91 Å². The van der Waals surface area contributed by atoms with Gasteiger partial charge in [-0.2, -0.15) is 0 Å². The Balaban J connectivity index is 2.01. The molecule has 4 nitrogen and oxygen atoms in total. The monoisotopic (exact) mass is 261 g/mol. The fourth-order valence-electron chi connectivity index (χ4n) is 2.74. The van der Waals surface area contributed by atoms with E-state index < -0.39 is 0 Å². The number of nitrogens with one attached hydrogen (secondary N) is 1. The Morgan fingerprint density at radius 3 is 2.79 bits per heavy atom. The lowest BCUT2D eigenvalue weighted by Gasteiger charge is -2.18. The first-order valence-corrected chi connectivity index (χ1v) is 7.01. The summed E-state index contributed by atoms with van der Waals surface area (Å²) >= 11 is 0. The number of hydrogen-bond donors (Lipinski definition) is 2. The van der Waals surface area contributed by atoms with E-state index in [4.69, 9.17) is 5.84 Å². The van der Waals surface area contributed by atoms with Gasteiger partial charge in [0.05, 0.1) is 6.42 Å². The van der Waals surface area contributed by atoms with E-state index in [1.807, 2.05) is 18.2 Å². The number of amides is 1. The number of hydrazine groups is 1. The van der Waals surface area contributed by atoms with Gasteiger partial charge in [0, 0.05) is 13.1 Å². The molecule has 2 rings (SSSR count). The van der Waals surface area contributed by atoms with Gasteiger partial charge >= 0.3 is 0 Å². The molecule has 1 atom stereocenters. The van der Waals surface area contributed by atoms with E-state index >= 15 is 0 Å². The number of carbonyl (C=O) groups excluding carboxylic acids is 1. The standard InChI is InChI=1S/C15H23N3O/c1-2-12-7-8-18(10-12)11-14-6-4-3-5-13(14)9-15(19)17-16/h3-6,12H,2,7-11,16H2,1H3,(H,17,19). The summed E-state index contributed by atoms with van der Waals surface area (Å²) < 4.78 is 0. The predicted octanol–water partition coefficient (Wildman–Crippen LogP) is 1.45. The van der Waals surface area contributed by atoms with Crippen LogP contribution < -0.4 is 11.3 Å². The van der Waals surface area contributed by atoms with Crippen molar-refractivity contribution in [3.8, 4) is 0 Å². The number of hydrogen-bond acceptors (Lipinski definition) is 3. The number of likely N-dealkylation sites (tertiary alicyclic amines) is 1. The average Bonchev–Trinajstić information content (AvgIpc) is 2.88. The summed E-state index contributed by atoms with van der Waals surface area (Å²) in [5, 5.41) is 0. The fraction of sp³-hybridized carbons (Fsp3) is 0.533. The summed E-state index contributed by atoms with van der Waals surface area (Å²) in [5.41, 5.74) is 4.51. The summed E-state index contributed by atoms with van der Waals surface area (Å²) in [7, 11) is 0. The first-order chi connectivity index (χ1) is 9.22. The number of carbonyl (C=O) groups is 1. The second-order valence-corrected chi connectivity index (χ2v) is 5.31. The van der Waals surface area contributed by atoms with Crippen molar-refractivity contribution in [3.63, 3.8) is 0 Å². The van der Waals surface area contributed by atoms with Gasteiger partial charge < -0.3 is 0 Å². The maximum absolute atomic E-state index is 11.4. The van der Waals surface area contributed by atoms with Crippen LogP contribution >= 0.6 is 0 Å². The second kappa shape index (κ2) is 6.68. The highest BCUT2D eigenvalue weighted by atomic mass is 16.2. The Hall–Kier alpha value is -1.39. The molecule has 1 saturated heterocycles. The molecule has 0 aliphatic carbocycles. The lowest BCUT2D eigenvalue weighted by Crippen LogP contribution is -2.32. The Morgan fingerprint density at radius 2 is 2.16 bits per heavy atom. The lowest BCUT2D eigenvalue weighted by atomic mass is 10.0. The van der Waals surface area contributed by atoms with Gasteiger partial charge in [0.2, 0.25) is 5.91 Å². The lowest BCUT2D eigenvalue weighted by molar-refractivity contribution is -0.120. The molecule has 1 aliphatic heterocycles. The molecule has 1 aromatic rings. The zero-order valence-corrected chi connectivity index (χ0v) is 11.6. The molecule has 1 heterocycles. The van der Waals surface area contributed by atoms with Gasteiger partial charge in [0.1, 0.15) is 0 Å². The molecule has 0 saturated carbocycles. The summed E-state index contributed by atoms with van der Waals surface area (Å²) in [6, 6.07) is 8.13. The highest BCUT2D eigenvalue weighted by Gasteiger charge is 2.21. The average molecular weight is 261 g/mol. The molecule has 4 heteroatoms. The molecule has 0 radical (unpaired) electrons. The molecular weight excluding hydrogens is 238 g/mol. The molecule has 19 heavy (non-hydrogen) atoms. The van der Waals surface area contributed by atoms with Gasteiger partial charge in [-0.05, 0) is 30.0 Å². The first-order valence-electron chi connectivity index (χ1n) is 7.01. The highest BCUT2D eigenvalue weighted by Crippen LogP contribution is 2.22. The summed E-state index contributed by atoms with van der Waals surface area (Å²) in [6.45, 7) is 5.53. The second-order valence-electron chi connectivity index (χ2n) is 5.31. The maximum atomic E-state index is 11.4. The van der Waals surface area contributed by atoms with E-state index in [1.165, 1.54) is 24.9 Å². The summed E-state index contributed by atoms with van der Waals surface area (Å²) in [4.78, 5) is 13.9. The quantitative estimate of drug-likeness (QED) is 0.479. The molecule has 0 spiro atoms. The Kier molecular flexibility index (Phi) is 4.93. The van der Waals surface area contributed by atoms with Crippen molar-refractivity contribution < 1.29 is 4.79 Å². The van der Waals surface area contributed by atoms with Gasteiger partial charge in [-0.25, -0.2) is 5.84 Å². The van der Waals surface area contributed by atoms with Gasteiger partial charge in [-0.3, -0.25) is 15.1 Å². The third-order valence-electron chi connectivity index (χ3n) is 3.97. The first kappa shape index (κ1) is 14.0. The van der Waals surface area contributed by atoms with Crippen LogP contribution in [0, 0.1) is 5.92 Å². The van der Waals surface area contributed by atoms with Crippen molar-refractivity contribution in [1.29, 1.82) is 0 Å². The molecule has 0 aromatic heterocycles. The van der Waals surface area contributed by atoms with Crippen LogP contribution in [0.1, 0.15) is 30.9 Å². The van der Waals surface area contributed by atoms with Crippen LogP contribution in [0.2, 0.25) is 0 Å². The number of rotatable bonds is 5. The molecule has 104 valence electrons. The van der Waals surface area contributed by atoms with E-state index in [1.54, 1.807) is 0 Å². The zero-order valence-electron chi connectivity index (χ0n) is 11.6. The largest absolute Gasteiger partial charge is 0.299 e. The molecule has 1 fully saturated rings. The topological polar surface area (TPSA) is 58.4 Å². The number of nitrogens with two attached hydrogens (primary N) is 1. The van der Waals surface area contributed by atoms with Crippen LogP contribution in [0.15, 0.2) is 24.3 Å². The zero-order chi connectivity index (χ0) is 13.7. The minimum absolute atomic E-state index is 0.139. The van der Waals surface area contributed by atoms with Crippen molar-refractivity contribution in [3.05, 3.63) is 35.4 Å². The molecular formula is C15H23N3O. The minimum atomic E-state index is -0.139. The fourth-order valence-corrected chi connectivity index (χ4v) is 2.74. The Bertz CT molecular complexity index is 433. The van der Waals surface area contributed by atoms with Crippen LogP contribution in [0.25, 0.3) is 0 Å². The van der Waals surface area contributed by atoms with Gasteiger partial charge in [0.15, 0.2) is 0 Å². The molecule has 1 amide bonds. The van der Waals surface area contributed by atoms with Crippen molar-refractivity contribution in [2.24, 2.45) is 11.8 Å². The van der Waals surface area contributed by atoms with Crippen LogP contribution in [-0.2, 0) is 17.8 Å². The Morgan fingerprint density at radius 1 is 1.42 bits per heavy atom. The predicted molar refractivity (Wildman–Crippen MR) is 76.2 cm³/mol. The van der Waals surface area contributed by atoms with Gasteiger partial charge in [-0.1, -0.05) is 37.6 Å². The van der Waals surface area contributed by atoms with E-state index in [9.17, 15) is 4.79 Å². The highest BCUT2D eigenvalue weighted by molar-refractivity contribution is 5.78. The van der Waals surface area contributed by atoms with E-state index in [2.05, 4.69) is 23.3 Å². The van der Waals surface area contributed by atoms with Gasteiger partial charge in [0.25, 0.3) is 0 Å². The van der Waals surface area contributed by atoms with E-state index in [0.717, 1.165) is 24.6 Å². The van der Waals surface area contributed by atoms with Crippen molar-refractivity contribution >= 4 is 5.91 Å². The smallest absolute Gasteiger partial charge is 0.238 e. The minimum Gasteiger partial charge on any atom is -0.299 e. The van der Waals surface area contributed by atoms with Crippen LogP contribution in [0.4, 0.5) is 0 Å². The van der Waals surface area contributed by atoms with Gasteiger partial charge in [-0.15, -0.1) is 0 Å². The van der Waals surface area contributed by atoms with Crippen molar-refractivity contribution in [2.75, 3.05) is 13.1 Å². The molecule has 0 bridgehead atoms. The van der Waals surface area contributed by atoms with Crippen LogP contribution in [-0.4, -0.2) is 23.9 Å². The number of nitrogens with zero attached hydrogens (tertiary/aromatic N) is 1. The summed E-state index contributed by atoms with van der Waals surface area (Å²) in [6.07, 6.45) is 2.91. The summed E-state index contributed by atoms with van der Waals surface area (Å²) in [5.74, 6) is 5.85. The van der Waals surface area contributed by atoms with Crippen molar-refractivity contribution in [1.82, 2.24) is 10.3 Å². The van der Waals surface area contributed by atoms with Crippen LogP contribution in [0.3, 0.4) is 0 Å². The normalized spacial score (nSPS) is 19.6. The SMILES string of the molecule is CCC1CCN(Cc2ccccc2CC(=O)NN)C1. The third-order valence-corrected chi connectivity index (χ3v) is 3.97. The third kappa shape index (κ3) is 3.78. The molecule has 1 aromatic carbocycles. The maximum Gasteiger partial charge on any atom is 0.238 e.